The summed E-state index contributed by atoms with van der Waals surface area (Å²) in [6.07, 6.45) is 2.47. The van der Waals surface area contributed by atoms with Crippen LogP contribution in [0.3, 0.4) is 0 Å². The fourth-order valence-corrected chi connectivity index (χ4v) is 2.67. The van der Waals surface area contributed by atoms with E-state index in [0.29, 0.717) is 28.4 Å². The van der Waals surface area contributed by atoms with Gasteiger partial charge in [-0.25, -0.2) is 4.98 Å². The van der Waals surface area contributed by atoms with Crippen molar-refractivity contribution in [3.63, 3.8) is 0 Å². The maximum atomic E-state index is 12.2. The van der Waals surface area contributed by atoms with Crippen LogP contribution in [0.1, 0.15) is 34.4 Å². The van der Waals surface area contributed by atoms with Gasteiger partial charge in [-0.3, -0.25) is 4.79 Å². The predicted molar refractivity (Wildman–Crippen MR) is 93.1 cm³/mol. The van der Waals surface area contributed by atoms with Crippen molar-refractivity contribution >= 4 is 28.5 Å². The second kappa shape index (κ2) is 8.11. The van der Waals surface area contributed by atoms with Crippen molar-refractivity contribution in [2.75, 3.05) is 11.9 Å². The first-order valence-corrected chi connectivity index (χ1v) is 8.20. The summed E-state index contributed by atoms with van der Waals surface area (Å²) in [7, 11) is 0. The molecular weight excluding hydrogens is 308 g/mol. The number of hydrogen-bond donors (Lipinski definition) is 2. The van der Waals surface area contributed by atoms with Gasteiger partial charge in [0.1, 0.15) is 16.6 Å². The Morgan fingerprint density at radius 3 is 2.87 bits per heavy atom. The molecule has 2 aromatic rings. The molecule has 0 aliphatic heterocycles. The maximum Gasteiger partial charge on any atom is 0.253 e. The fraction of sp³-hybridized carbons (Fsp3) is 0.235. The standard InChI is InChI=1S/C17H18N4OS/c1-3-8-19-16(22)14-6-4-5-7-15(14)20-10-13(9-18)17-21-12(2)11-23-17/h4-7,10-11,20H,3,8H2,1-2H3,(H,19,22)/b13-10+. The number of nitrogens with one attached hydrogen (secondary N) is 2. The Morgan fingerprint density at radius 1 is 1.43 bits per heavy atom. The van der Waals surface area contributed by atoms with E-state index < -0.39 is 0 Å². The molecule has 1 heterocycles. The SMILES string of the molecule is CCCNC(=O)c1ccccc1N/C=C(\C#N)c1nc(C)cs1. The van der Waals surface area contributed by atoms with Crippen molar-refractivity contribution in [1.82, 2.24) is 10.3 Å². The zero-order valence-corrected chi connectivity index (χ0v) is 13.9. The summed E-state index contributed by atoms with van der Waals surface area (Å²) in [5.74, 6) is -0.132. The van der Waals surface area contributed by atoms with Gasteiger partial charge in [-0.05, 0) is 25.5 Å². The highest BCUT2D eigenvalue weighted by atomic mass is 32.1. The molecule has 0 unspecified atom stereocenters. The van der Waals surface area contributed by atoms with Crippen LogP contribution in [0.4, 0.5) is 5.69 Å². The van der Waals surface area contributed by atoms with Gasteiger partial charge in [0.05, 0.1) is 11.3 Å². The number of carbonyl (C=O) groups excluding carboxylic acids is 1. The number of carbonyl (C=O) groups is 1. The Balaban J connectivity index is 2.21. The molecule has 0 aliphatic rings. The van der Waals surface area contributed by atoms with E-state index >= 15 is 0 Å². The molecule has 0 saturated carbocycles. The number of thiazole rings is 1. The molecule has 0 aliphatic carbocycles. The summed E-state index contributed by atoms with van der Waals surface area (Å²) in [5.41, 5.74) is 2.52. The van der Waals surface area contributed by atoms with Crippen LogP contribution in [0.2, 0.25) is 0 Å². The van der Waals surface area contributed by atoms with Crippen LogP contribution in [-0.2, 0) is 0 Å². The highest BCUT2D eigenvalue weighted by Gasteiger charge is 2.10. The van der Waals surface area contributed by atoms with Gasteiger partial charge < -0.3 is 10.6 Å². The number of benzene rings is 1. The quantitative estimate of drug-likeness (QED) is 0.796. The minimum Gasteiger partial charge on any atom is -0.360 e. The summed E-state index contributed by atoms with van der Waals surface area (Å²) in [6, 6.07) is 9.34. The molecule has 0 radical (unpaired) electrons. The molecule has 1 aromatic heterocycles. The minimum atomic E-state index is -0.132. The van der Waals surface area contributed by atoms with Crippen molar-refractivity contribution in [2.24, 2.45) is 0 Å². The number of para-hydroxylation sites is 1. The maximum absolute atomic E-state index is 12.2. The Labute approximate surface area is 139 Å². The van der Waals surface area contributed by atoms with E-state index in [2.05, 4.69) is 21.7 Å². The van der Waals surface area contributed by atoms with Crippen LogP contribution in [0.5, 0.6) is 0 Å². The Morgan fingerprint density at radius 2 is 2.22 bits per heavy atom. The zero-order chi connectivity index (χ0) is 16.7. The molecule has 1 amide bonds. The average molecular weight is 326 g/mol. The number of aromatic nitrogens is 1. The Hall–Kier alpha value is -2.65. The van der Waals surface area contributed by atoms with E-state index in [1.165, 1.54) is 11.3 Å². The largest absolute Gasteiger partial charge is 0.360 e. The Kier molecular flexibility index (Phi) is 5.89. The third kappa shape index (κ3) is 4.41. The molecule has 0 atom stereocenters. The molecule has 23 heavy (non-hydrogen) atoms. The molecule has 0 bridgehead atoms. The molecule has 6 heteroatoms. The number of allylic oxidation sites excluding steroid dienone is 1. The highest BCUT2D eigenvalue weighted by molar-refractivity contribution is 7.10. The molecule has 0 spiro atoms. The van der Waals surface area contributed by atoms with Gasteiger partial charge in [-0.1, -0.05) is 19.1 Å². The van der Waals surface area contributed by atoms with Crippen LogP contribution < -0.4 is 10.6 Å². The van der Waals surface area contributed by atoms with Crippen molar-refractivity contribution in [2.45, 2.75) is 20.3 Å². The molecule has 118 valence electrons. The average Bonchev–Trinajstić information content (AvgIpc) is 3.00. The Bertz CT molecular complexity index is 758. The van der Waals surface area contributed by atoms with Crippen molar-refractivity contribution in [3.8, 4) is 6.07 Å². The van der Waals surface area contributed by atoms with Gasteiger partial charge in [0, 0.05) is 23.8 Å². The lowest BCUT2D eigenvalue weighted by Crippen LogP contribution is -2.24. The van der Waals surface area contributed by atoms with Gasteiger partial charge in [0.25, 0.3) is 5.91 Å². The summed E-state index contributed by atoms with van der Waals surface area (Å²) in [4.78, 5) is 16.5. The summed E-state index contributed by atoms with van der Waals surface area (Å²) in [6.45, 7) is 4.52. The van der Waals surface area contributed by atoms with E-state index in [1.807, 2.05) is 31.4 Å². The highest BCUT2D eigenvalue weighted by Crippen LogP contribution is 2.20. The van der Waals surface area contributed by atoms with Crippen LogP contribution in [0, 0.1) is 18.3 Å². The van der Waals surface area contributed by atoms with Crippen molar-refractivity contribution in [3.05, 3.63) is 52.1 Å². The number of amides is 1. The first-order chi connectivity index (χ1) is 11.2. The molecule has 2 N–H and O–H groups in total. The second-order valence-electron chi connectivity index (χ2n) is 4.91. The van der Waals surface area contributed by atoms with Gasteiger partial charge in [0.15, 0.2) is 0 Å². The second-order valence-corrected chi connectivity index (χ2v) is 5.77. The van der Waals surface area contributed by atoms with Gasteiger partial charge in [-0.2, -0.15) is 5.26 Å². The lowest BCUT2D eigenvalue weighted by molar-refractivity contribution is 0.0954. The molecule has 5 nitrogen and oxygen atoms in total. The van der Waals surface area contributed by atoms with E-state index in [4.69, 9.17) is 0 Å². The number of aryl methyl sites for hydroxylation is 1. The first-order valence-electron chi connectivity index (χ1n) is 7.32. The van der Waals surface area contributed by atoms with Gasteiger partial charge in [-0.15, -0.1) is 11.3 Å². The summed E-state index contributed by atoms with van der Waals surface area (Å²) in [5, 5.41) is 17.7. The number of nitrogens with zero attached hydrogens (tertiary/aromatic N) is 2. The molecule has 0 fully saturated rings. The van der Waals surface area contributed by atoms with Gasteiger partial charge in [0.2, 0.25) is 0 Å². The third-order valence-electron chi connectivity index (χ3n) is 3.05. The monoisotopic (exact) mass is 326 g/mol. The smallest absolute Gasteiger partial charge is 0.253 e. The van der Waals surface area contributed by atoms with Gasteiger partial charge >= 0.3 is 0 Å². The summed E-state index contributed by atoms with van der Waals surface area (Å²) < 4.78 is 0. The molecule has 1 aromatic carbocycles. The number of rotatable bonds is 6. The topological polar surface area (TPSA) is 77.8 Å². The van der Waals surface area contributed by atoms with E-state index in [9.17, 15) is 10.1 Å². The lowest BCUT2D eigenvalue weighted by atomic mass is 10.1. The van der Waals surface area contributed by atoms with E-state index in [0.717, 1.165) is 12.1 Å². The molecular formula is C17H18N4OS. The predicted octanol–water partition coefficient (Wildman–Crippen LogP) is 3.57. The molecule has 2 rings (SSSR count). The van der Waals surface area contributed by atoms with Crippen LogP contribution >= 0.6 is 11.3 Å². The number of hydrogen-bond acceptors (Lipinski definition) is 5. The first kappa shape index (κ1) is 16.7. The van der Waals surface area contributed by atoms with E-state index in [1.54, 1.807) is 18.3 Å². The minimum absolute atomic E-state index is 0.132. The van der Waals surface area contributed by atoms with Crippen LogP contribution in [0.25, 0.3) is 5.57 Å². The van der Waals surface area contributed by atoms with Crippen LogP contribution in [0.15, 0.2) is 35.8 Å². The van der Waals surface area contributed by atoms with Crippen molar-refractivity contribution < 1.29 is 4.79 Å². The van der Waals surface area contributed by atoms with Crippen LogP contribution in [-0.4, -0.2) is 17.4 Å². The number of nitriles is 1. The summed E-state index contributed by atoms with van der Waals surface area (Å²) >= 11 is 1.42. The zero-order valence-electron chi connectivity index (χ0n) is 13.1. The third-order valence-corrected chi connectivity index (χ3v) is 4.04. The lowest BCUT2D eigenvalue weighted by Gasteiger charge is -2.09. The number of anilines is 1. The van der Waals surface area contributed by atoms with Crippen molar-refractivity contribution in [1.29, 1.82) is 5.26 Å². The normalized spacial score (nSPS) is 10.9. The molecule has 0 saturated heterocycles. The fourth-order valence-electron chi connectivity index (χ4n) is 1.91. The van der Waals surface area contributed by atoms with E-state index in [-0.39, 0.29) is 5.91 Å².